The third kappa shape index (κ3) is 6.26. The molecule has 1 aromatic rings. The predicted molar refractivity (Wildman–Crippen MR) is 101 cm³/mol. The first-order chi connectivity index (χ1) is 14.3. The van der Waals surface area contributed by atoms with Crippen molar-refractivity contribution >= 4 is 11.8 Å². The van der Waals surface area contributed by atoms with E-state index in [0.717, 1.165) is 50.8 Å². The Hall–Kier alpha value is -1.98. The Kier molecular flexibility index (Phi) is 7.84. The quantitative estimate of drug-likeness (QED) is 0.750. The number of carbonyl (C=O) groups is 1. The van der Waals surface area contributed by atoms with E-state index in [1.54, 1.807) is 0 Å². The number of aromatic nitrogens is 2. The van der Waals surface area contributed by atoms with Crippen LogP contribution in [0.1, 0.15) is 44.0 Å². The lowest BCUT2D eigenvalue weighted by Crippen LogP contribution is -2.48. The lowest BCUT2D eigenvalue weighted by atomic mass is 9.93. The zero-order valence-electron chi connectivity index (χ0n) is 16.6. The predicted octanol–water partition coefficient (Wildman–Crippen LogP) is 2.63. The van der Waals surface area contributed by atoms with Gasteiger partial charge in [-0.15, -0.1) is 0 Å². The molecule has 2 N–H and O–H groups in total. The molecule has 0 aromatic carbocycles. The number of halogens is 3. The third-order valence-electron chi connectivity index (χ3n) is 5.50. The Morgan fingerprint density at radius 1 is 1.17 bits per heavy atom. The number of ether oxygens (including phenoxy) is 2. The molecule has 1 aliphatic carbocycles. The molecule has 3 aliphatic rings. The van der Waals surface area contributed by atoms with Gasteiger partial charge in [-0.05, 0) is 38.2 Å². The first-order valence-electron chi connectivity index (χ1n) is 10.2. The second kappa shape index (κ2) is 10.4. The van der Waals surface area contributed by atoms with Gasteiger partial charge in [0.1, 0.15) is 11.6 Å². The van der Waals surface area contributed by atoms with Crippen LogP contribution in [0.25, 0.3) is 0 Å². The molecular formula is C19H27F3N4O4. The number of carboxylic acid groups (broad SMARTS) is 1. The van der Waals surface area contributed by atoms with Crippen LogP contribution in [0.3, 0.4) is 0 Å². The van der Waals surface area contributed by atoms with E-state index in [0.29, 0.717) is 18.7 Å². The molecule has 30 heavy (non-hydrogen) atoms. The van der Waals surface area contributed by atoms with Crippen LogP contribution in [0, 0.1) is 0 Å². The van der Waals surface area contributed by atoms with Crippen molar-refractivity contribution in [2.45, 2.75) is 56.4 Å². The number of nitrogens with zero attached hydrogens (tertiary/aromatic N) is 3. The van der Waals surface area contributed by atoms with Crippen LogP contribution in [-0.4, -0.2) is 77.2 Å². The van der Waals surface area contributed by atoms with Gasteiger partial charge < -0.3 is 19.9 Å². The van der Waals surface area contributed by atoms with E-state index in [1.165, 1.54) is 19.3 Å². The Labute approximate surface area is 172 Å². The highest BCUT2D eigenvalue weighted by molar-refractivity contribution is 5.73. The van der Waals surface area contributed by atoms with E-state index in [4.69, 9.17) is 24.4 Å². The summed E-state index contributed by atoms with van der Waals surface area (Å²) in [6, 6.07) is 3.29. The number of aliphatic carboxylic acids is 1. The maximum absolute atomic E-state index is 10.6. The van der Waals surface area contributed by atoms with Crippen LogP contribution in [0.2, 0.25) is 0 Å². The van der Waals surface area contributed by atoms with Crippen LogP contribution in [0.4, 0.5) is 19.0 Å². The molecule has 0 spiro atoms. The number of nitrogens with one attached hydrogen (secondary N) is 1. The molecule has 0 amide bonds. The fourth-order valence-electron chi connectivity index (χ4n) is 3.67. The molecule has 2 aliphatic heterocycles. The standard InChI is InChI=1S/C17H26N4O2.C2HF3O2/c1-2-13(3-1)19-16-4-7-18-17(20-16)15-12-23-11-8-21(15)14-5-9-22-10-6-14;3-2(4,5)1(6)7/h4,7,13-15H,1-3,5-6,8-12H2,(H,18,19,20);(H,6,7). The van der Waals surface area contributed by atoms with E-state index < -0.39 is 12.1 Å². The molecule has 1 unspecified atom stereocenters. The Morgan fingerprint density at radius 2 is 1.87 bits per heavy atom. The SMILES string of the molecule is O=C(O)C(F)(F)F.c1cc(NC2CCC2)nc(C2COCCN2C2CCOCC2)n1. The Bertz CT molecular complexity index is 697. The number of alkyl halides is 3. The normalized spacial score (nSPS) is 23.8. The summed E-state index contributed by atoms with van der Waals surface area (Å²) in [5.41, 5.74) is 0. The molecule has 8 nitrogen and oxygen atoms in total. The highest BCUT2D eigenvalue weighted by atomic mass is 19.4. The fraction of sp³-hybridized carbons (Fsp3) is 0.737. The van der Waals surface area contributed by atoms with Crippen LogP contribution in [0.5, 0.6) is 0 Å². The second-order valence-electron chi connectivity index (χ2n) is 7.55. The lowest BCUT2D eigenvalue weighted by molar-refractivity contribution is -0.192. The van der Waals surface area contributed by atoms with Gasteiger partial charge in [0, 0.05) is 38.0 Å². The van der Waals surface area contributed by atoms with Crippen molar-refractivity contribution in [2.24, 2.45) is 0 Å². The van der Waals surface area contributed by atoms with Gasteiger partial charge in [-0.3, -0.25) is 4.90 Å². The minimum atomic E-state index is -5.08. The number of rotatable bonds is 4. The number of anilines is 1. The van der Waals surface area contributed by atoms with Crippen molar-refractivity contribution in [3.8, 4) is 0 Å². The molecule has 11 heteroatoms. The summed E-state index contributed by atoms with van der Waals surface area (Å²) in [6.07, 6.45) is 2.80. The summed E-state index contributed by atoms with van der Waals surface area (Å²) in [5, 5.41) is 10.6. The van der Waals surface area contributed by atoms with Gasteiger partial charge in [-0.25, -0.2) is 14.8 Å². The summed E-state index contributed by atoms with van der Waals surface area (Å²) in [4.78, 5) is 20.8. The first kappa shape index (κ1) is 22.7. The van der Waals surface area contributed by atoms with Crippen LogP contribution in [-0.2, 0) is 14.3 Å². The lowest BCUT2D eigenvalue weighted by Gasteiger charge is -2.41. The Balaban J connectivity index is 0.000000318. The topological polar surface area (TPSA) is 96.8 Å². The van der Waals surface area contributed by atoms with Gasteiger partial charge in [0.2, 0.25) is 0 Å². The third-order valence-corrected chi connectivity index (χ3v) is 5.50. The molecule has 3 heterocycles. The van der Waals surface area contributed by atoms with Crippen molar-refractivity contribution < 1.29 is 32.5 Å². The van der Waals surface area contributed by atoms with Crippen molar-refractivity contribution in [2.75, 3.05) is 38.3 Å². The van der Waals surface area contributed by atoms with Crippen molar-refractivity contribution in [3.05, 3.63) is 18.1 Å². The minimum absolute atomic E-state index is 0.162. The number of hydrogen-bond acceptors (Lipinski definition) is 7. The molecule has 3 fully saturated rings. The van der Waals surface area contributed by atoms with Gasteiger partial charge in [-0.2, -0.15) is 13.2 Å². The first-order valence-corrected chi connectivity index (χ1v) is 10.2. The van der Waals surface area contributed by atoms with E-state index >= 15 is 0 Å². The van der Waals surface area contributed by atoms with Crippen LogP contribution >= 0.6 is 0 Å². The van der Waals surface area contributed by atoms with Gasteiger partial charge in [-0.1, -0.05) is 0 Å². The molecule has 168 valence electrons. The Morgan fingerprint density at radius 3 is 2.47 bits per heavy atom. The van der Waals surface area contributed by atoms with Crippen LogP contribution in [0.15, 0.2) is 12.3 Å². The molecular weight excluding hydrogens is 405 g/mol. The minimum Gasteiger partial charge on any atom is -0.475 e. The maximum Gasteiger partial charge on any atom is 0.490 e. The number of hydrogen-bond donors (Lipinski definition) is 2. The highest BCUT2D eigenvalue weighted by Crippen LogP contribution is 2.29. The van der Waals surface area contributed by atoms with E-state index in [-0.39, 0.29) is 6.04 Å². The van der Waals surface area contributed by atoms with E-state index in [9.17, 15) is 13.2 Å². The zero-order valence-corrected chi connectivity index (χ0v) is 16.6. The molecule has 1 saturated carbocycles. The summed E-state index contributed by atoms with van der Waals surface area (Å²) < 4.78 is 43.0. The maximum atomic E-state index is 10.6. The molecule has 1 aromatic heterocycles. The summed E-state index contributed by atoms with van der Waals surface area (Å²) in [7, 11) is 0. The number of morpholine rings is 1. The summed E-state index contributed by atoms with van der Waals surface area (Å²) in [5.74, 6) is -0.912. The van der Waals surface area contributed by atoms with Crippen molar-refractivity contribution in [3.63, 3.8) is 0 Å². The van der Waals surface area contributed by atoms with Crippen molar-refractivity contribution in [1.29, 1.82) is 0 Å². The van der Waals surface area contributed by atoms with Gasteiger partial charge >= 0.3 is 12.1 Å². The monoisotopic (exact) mass is 432 g/mol. The molecule has 1 atom stereocenters. The summed E-state index contributed by atoms with van der Waals surface area (Å²) in [6.45, 7) is 4.16. The van der Waals surface area contributed by atoms with Gasteiger partial charge in [0.25, 0.3) is 0 Å². The summed E-state index contributed by atoms with van der Waals surface area (Å²) >= 11 is 0. The number of carboxylic acids is 1. The van der Waals surface area contributed by atoms with E-state index in [2.05, 4.69) is 15.2 Å². The zero-order chi connectivity index (χ0) is 21.6. The van der Waals surface area contributed by atoms with Gasteiger partial charge in [0.05, 0.1) is 19.3 Å². The molecule has 2 saturated heterocycles. The second-order valence-corrected chi connectivity index (χ2v) is 7.55. The molecule has 0 bridgehead atoms. The fourth-order valence-corrected chi connectivity index (χ4v) is 3.67. The van der Waals surface area contributed by atoms with Crippen LogP contribution < -0.4 is 5.32 Å². The molecule has 4 rings (SSSR count). The highest BCUT2D eigenvalue weighted by Gasteiger charge is 2.38. The van der Waals surface area contributed by atoms with Gasteiger partial charge in [0.15, 0.2) is 0 Å². The average molecular weight is 432 g/mol. The largest absolute Gasteiger partial charge is 0.490 e. The smallest absolute Gasteiger partial charge is 0.475 e. The molecule has 0 radical (unpaired) electrons. The average Bonchev–Trinajstić information content (AvgIpc) is 2.71. The van der Waals surface area contributed by atoms with Crippen molar-refractivity contribution in [1.82, 2.24) is 14.9 Å². The van der Waals surface area contributed by atoms with E-state index in [1.807, 2.05) is 12.3 Å².